The van der Waals surface area contributed by atoms with E-state index in [0.717, 1.165) is 39.9 Å². The first-order chi connectivity index (χ1) is 18.1. The number of rotatable bonds is 7. The first kappa shape index (κ1) is 24.4. The van der Waals surface area contributed by atoms with Gasteiger partial charge in [-0.15, -0.1) is 0 Å². The molecule has 4 aromatic rings. The van der Waals surface area contributed by atoms with Crippen LogP contribution in [-0.2, 0) is 11.3 Å². The van der Waals surface area contributed by atoms with Gasteiger partial charge in [0.1, 0.15) is 12.3 Å². The van der Waals surface area contributed by atoms with Gasteiger partial charge in [-0.05, 0) is 47.7 Å². The van der Waals surface area contributed by atoms with Gasteiger partial charge in [0.05, 0.1) is 18.8 Å². The van der Waals surface area contributed by atoms with Gasteiger partial charge in [0.15, 0.2) is 0 Å². The van der Waals surface area contributed by atoms with E-state index in [-0.39, 0.29) is 24.5 Å². The third kappa shape index (κ3) is 5.03. The highest BCUT2D eigenvalue weighted by Gasteiger charge is 2.33. The zero-order valence-electron chi connectivity index (χ0n) is 21.3. The normalized spacial score (nSPS) is 14.8. The van der Waals surface area contributed by atoms with Crippen LogP contribution in [0.3, 0.4) is 0 Å². The lowest BCUT2D eigenvalue weighted by atomic mass is 9.99. The number of fused-ring (bicyclic) bond motifs is 2. The van der Waals surface area contributed by atoms with Gasteiger partial charge in [-0.2, -0.15) is 0 Å². The number of ether oxygens (including phenoxy) is 1. The topological polar surface area (TPSA) is 66.8 Å². The SMILES string of the molecule is CCCN(CC(=O)N1CCn2cccc2C1c1cccc(OC)c1)C(=O)Nc1cccc2ccccc12. The average Bonchev–Trinajstić information content (AvgIpc) is 3.41. The zero-order chi connectivity index (χ0) is 25.8. The van der Waals surface area contributed by atoms with Crippen molar-refractivity contribution in [3.8, 4) is 5.75 Å². The van der Waals surface area contributed by atoms with Crippen LogP contribution < -0.4 is 10.1 Å². The van der Waals surface area contributed by atoms with E-state index in [1.807, 2.05) is 90.8 Å². The number of methoxy groups -OCH3 is 1. The summed E-state index contributed by atoms with van der Waals surface area (Å²) < 4.78 is 7.64. The Morgan fingerprint density at radius 3 is 2.65 bits per heavy atom. The predicted octanol–water partition coefficient (Wildman–Crippen LogP) is 5.53. The summed E-state index contributed by atoms with van der Waals surface area (Å²) in [5.74, 6) is 0.664. The van der Waals surface area contributed by atoms with Crippen molar-refractivity contribution in [1.82, 2.24) is 14.4 Å². The molecular weight excluding hydrogens is 464 g/mol. The molecular formula is C30H32N4O3. The summed E-state index contributed by atoms with van der Waals surface area (Å²) >= 11 is 0. The van der Waals surface area contributed by atoms with Crippen LogP contribution in [0.5, 0.6) is 5.75 Å². The molecule has 37 heavy (non-hydrogen) atoms. The summed E-state index contributed by atoms with van der Waals surface area (Å²) in [7, 11) is 1.64. The highest BCUT2D eigenvalue weighted by atomic mass is 16.5. The number of anilines is 1. The van der Waals surface area contributed by atoms with Crippen molar-refractivity contribution in [3.05, 3.63) is 96.3 Å². The predicted molar refractivity (Wildman–Crippen MR) is 146 cm³/mol. The Morgan fingerprint density at radius 2 is 1.81 bits per heavy atom. The molecule has 1 aromatic heterocycles. The molecule has 190 valence electrons. The van der Waals surface area contributed by atoms with Gasteiger partial charge in [-0.3, -0.25) is 4.79 Å². The molecule has 1 aliphatic heterocycles. The molecule has 1 N–H and O–H groups in total. The second kappa shape index (κ2) is 10.8. The molecule has 0 saturated heterocycles. The van der Waals surface area contributed by atoms with Crippen molar-refractivity contribution >= 4 is 28.4 Å². The third-order valence-electron chi connectivity index (χ3n) is 6.91. The van der Waals surface area contributed by atoms with E-state index in [9.17, 15) is 9.59 Å². The Morgan fingerprint density at radius 1 is 1.00 bits per heavy atom. The number of nitrogens with zero attached hydrogens (tertiary/aromatic N) is 3. The maximum atomic E-state index is 13.8. The molecule has 1 unspecified atom stereocenters. The van der Waals surface area contributed by atoms with Crippen LogP contribution >= 0.6 is 0 Å². The Hall–Kier alpha value is -4.26. The molecule has 0 spiro atoms. The molecule has 0 bridgehead atoms. The minimum absolute atomic E-state index is 0.00557. The summed E-state index contributed by atoms with van der Waals surface area (Å²) in [5, 5.41) is 5.06. The fraction of sp³-hybridized carbons (Fsp3) is 0.267. The van der Waals surface area contributed by atoms with Gasteiger partial charge in [-0.25, -0.2) is 4.79 Å². The Kier molecular flexibility index (Phi) is 7.12. The van der Waals surface area contributed by atoms with Gasteiger partial charge < -0.3 is 24.4 Å². The smallest absolute Gasteiger partial charge is 0.322 e. The number of hydrogen-bond acceptors (Lipinski definition) is 3. The Bertz CT molecular complexity index is 1410. The number of amides is 3. The number of nitrogens with one attached hydrogen (secondary N) is 1. The Labute approximate surface area is 217 Å². The minimum atomic E-state index is -0.273. The fourth-order valence-corrected chi connectivity index (χ4v) is 5.12. The van der Waals surface area contributed by atoms with Gasteiger partial charge in [0, 0.05) is 36.9 Å². The molecule has 0 fully saturated rings. The van der Waals surface area contributed by atoms with E-state index >= 15 is 0 Å². The van der Waals surface area contributed by atoms with Crippen LogP contribution in [0.15, 0.2) is 85.1 Å². The van der Waals surface area contributed by atoms with Crippen LogP contribution in [0, 0.1) is 0 Å². The van der Waals surface area contributed by atoms with Crippen LogP contribution in [0.25, 0.3) is 10.8 Å². The van der Waals surface area contributed by atoms with Crippen LogP contribution in [0.2, 0.25) is 0 Å². The van der Waals surface area contributed by atoms with Crippen molar-refractivity contribution in [1.29, 1.82) is 0 Å². The zero-order valence-corrected chi connectivity index (χ0v) is 21.3. The van der Waals surface area contributed by atoms with Gasteiger partial charge in [0.2, 0.25) is 5.91 Å². The molecule has 3 amide bonds. The highest BCUT2D eigenvalue weighted by Crippen LogP contribution is 2.34. The molecule has 0 saturated carbocycles. The van der Waals surface area contributed by atoms with Crippen molar-refractivity contribution < 1.29 is 14.3 Å². The third-order valence-corrected chi connectivity index (χ3v) is 6.91. The van der Waals surface area contributed by atoms with Crippen molar-refractivity contribution in [2.75, 3.05) is 32.1 Å². The van der Waals surface area contributed by atoms with E-state index in [2.05, 4.69) is 16.0 Å². The molecule has 0 radical (unpaired) electrons. The first-order valence-electron chi connectivity index (χ1n) is 12.7. The van der Waals surface area contributed by atoms with Gasteiger partial charge >= 0.3 is 6.03 Å². The minimum Gasteiger partial charge on any atom is -0.497 e. The van der Waals surface area contributed by atoms with Crippen molar-refractivity contribution in [3.63, 3.8) is 0 Å². The molecule has 7 heteroatoms. The first-order valence-corrected chi connectivity index (χ1v) is 12.7. The molecule has 5 rings (SSSR count). The molecule has 2 heterocycles. The molecule has 7 nitrogen and oxygen atoms in total. The molecule has 0 aliphatic carbocycles. The maximum absolute atomic E-state index is 13.8. The van der Waals surface area contributed by atoms with E-state index in [1.165, 1.54) is 0 Å². The summed E-state index contributed by atoms with van der Waals surface area (Å²) in [6, 6.07) is 25.2. The monoisotopic (exact) mass is 496 g/mol. The standard InChI is InChI=1S/C30H32N4O3/c1-3-16-33(30(36)31-26-14-7-10-22-9-4-5-13-25(22)26)21-28(35)34-19-18-32-17-8-15-27(32)29(34)23-11-6-12-24(20-23)37-2/h4-15,17,20,29H,3,16,18-19,21H2,1-2H3,(H,31,36). The highest BCUT2D eigenvalue weighted by molar-refractivity contribution is 6.02. The summed E-state index contributed by atoms with van der Waals surface area (Å²) in [6.45, 7) is 3.77. The number of hydrogen-bond donors (Lipinski definition) is 1. The second-order valence-corrected chi connectivity index (χ2v) is 9.27. The van der Waals surface area contributed by atoms with E-state index in [4.69, 9.17) is 4.74 Å². The average molecular weight is 497 g/mol. The summed E-state index contributed by atoms with van der Waals surface area (Å²) in [5.41, 5.74) is 2.77. The largest absolute Gasteiger partial charge is 0.497 e. The lowest BCUT2D eigenvalue weighted by Gasteiger charge is -2.38. The number of carbonyl (C=O) groups excluding carboxylic acids is 2. The number of urea groups is 1. The quantitative estimate of drug-likeness (QED) is 0.366. The van der Waals surface area contributed by atoms with E-state index in [1.54, 1.807) is 12.0 Å². The van der Waals surface area contributed by atoms with Crippen LogP contribution in [0.4, 0.5) is 10.5 Å². The Balaban J connectivity index is 1.39. The van der Waals surface area contributed by atoms with Crippen molar-refractivity contribution in [2.24, 2.45) is 0 Å². The number of benzene rings is 3. The lowest BCUT2D eigenvalue weighted by molar-refractivity contribution is -0.134. The number of aromatic nitrogens is 1. The second-order valence-electron chi connectivity index (χ2n) is 9.27. The number of carbonyl (C=O) groups is 2. The summed E-state index contributed by atoms with van der Waals surface area (Å²) in [6.07, 6.45) is 2.80. The maximum Gasteiger partial charge on any atom is 0.322 e. The van der Waals surface area contributed by atoms with E-state index < -0.39 is 0 Å². The van der Waals surface area contributed by atoms with Crippen LogP contribution in [0.1, 0.15) is 30.6 Å². The van der Waals surface area contributed by atoms with Gasteiger partial charge in [0.25, 0.3) is 0 Å². The van der Waals surface area contributed by atoms with Crippen molar-refractivity contribution in [2.45, 2.75) is 25.9 Å². The fourth-order valence-electron chi connectivity index (χ4n) is 5.12. The molecule has 1 atom stereocenters. The molecule has 3 aromatic carbocycles. The lowest BCUT2D eigenvalue weighted by Crippen LogP contribution is -2.48. The van der Waals surface area contributed by atoms with Gasteiger partial charge in [-0.1, -0.05) is 55.5 Å². The van der Waals surface area contributed by atoms with E-state index in [0.29, 0.717) is 19.6 Å². The molecule has 1 aliphatic rings. The van der Waals surface area contributed by atoms with Crippen LogP contribution in [-0.4, -0.2) is 53.0 Å². The summed E-state index contributed by atoms with van der Waals surface area (Å²) in [4.78, 5) is 30.7.